The lowest BCUT2D eigenvalue weighted by Gasteiger charge is -2.39. The van der Waals surface area contributed by atoms with E-state index in [1.54, 1.807) is 41.8 Å². The first-order valence-corrected chi connectivity index (χ1v) is 15.4. The number of pyridine rings is 1. The van der Waals surface area contributed by atoms with Crippen LogP contribution in [0.4, 0.5) is 20.3 Å². The van der Waals surface area contributed by atoms with Gasteiger partial charge in [0.15, 0.2) is 0 Å². The van der Waals surface area contributed by atoms with Crippen molar-refractivity contribution < 1.29 is 13.6 Å². The van der Waals surface area contributed by atoms with Crippen molar-refractivity contribution in [1.82, 2.24) is 9.47 Å². The molecule has 3 heterocycles. The number of thioether (sulfide) groups is 1. The predicted molar refractivity (Wildman–Crippen MR) is 171 cm³/mol. The highest BCUT2D eigenvalue weighted by atomic mass is 32.2. The van der Waals surface area contributed by atoms with E-state index >= 15 is 0 Å². The Bertz CT molecular complexity index is 1690. The van der Waals surface area contributed by atoms with E-state index in [9.17, 15) is 23.6 Å². The first-order chi connectivity index (χ1) is 20.7. The first kappa shape index (κ1) is 30.4. The maximum absolute atomic E-state index is 14.5. The molecule has 11 heteroatoms. The van der Waals surface area contributed by atoms with Crippen LogP contribution >= 0.6 is 24.0 Å². The number of hydrogen-bond acceptors (Lipinski definition) is 7. The summed E-state index contributed by atoms with van der Waals surface area (Å²) < 4.78 is 30.0. The Kier molecular flexibility index (Phi) is 9.28. The number of anilines is 2. The largest absolute Gasteiger partial charge is 0.366 e. The van der Waals surface area contributed by atoms with Crippen molar-refractivity contribution in [3.05, 3.63) is 97.7 Å². The first-order valence-electron chi connectivity index (χ1n) is 14.1. The Hall–Kier alpha value is -4.01. The minimum Gasteiger partial charge on any atom is -0.366 e. The second-order valence-electron chi connectivity index (χ2n) is 10.5. The monoisotopic (exact) mass is 619 g/mol. The highest BCUT2D eigenvalue weighted by molar-refractivity contribution is 8.26. The van der Waals surface area contributed by atoms with E-state index in [-0.39, 0.29) is 35.2 Å². The molecule has 7 nitrogen and oxygen atoms in total. The fraction of sp³-hybridized carbons (Fsp3) is 0.312. The van der Waals surface area contributed by atoms with Crippen molar-refractivity contribution in [2.24, 2.45) is 0 Å². The Balaban J connectivity index is 1.54. The number of halogens is 2. The highest BCUT2D eigenvalue weighted by Gasteiger charge is 2.34. The van der Waals surface area contributed by atoms with Crippen LogP contribution in [0.15, 0.2) is 58.2 Å². The summed E-state index contributed by atoms with van der Waals surface area (Å²) in [6.45, 7) is 6.46. The Labute approximate surface area is 259 Å². The maximum atomic E-state index is 14.5. The zero-order valence-electron chi connectivity index (χ0n) is 24.0. The van der Waals surface area contributed by atoms with Crippen LogP contribution in [0.3, 0.4) is 0 Å². The molecule has 43 heavy (non-hydrogen) atoms. The molecule has 0 radical (unpaired) electrons. The third-order valence-electron chi connectivity index (χ3n) is 7.76. The van der Waals surface area contributed by atoms with Gasteiger partial charge in [-0.25, -0.2) is 8.78 Å². The van der Waals surface area contributed by atoms with Gasteiger partial charge in [0.1, 0.15) is 33.4 Å². The number of thiocarbonyl (C=S) groups is 1. The fourth-order valence-electron chi connectivity index (χ4n) is 5.42. The summed E-state index contributed by atoms with van der Waals surface area (Å²) in [6.07, 6.45) is 3.32. The number of para-hydroxylation sites is 1. The smallest absolute Gasteiger partial charge is 0.270 e. The van der Waals surface area contributed by atoms with Gasteiger partial charge in [-0.15, -0.1) is 0 Å². The molecule has 5 rings (SSSR count). The second kappa shape index (κ2) is 13.1. The van der Waals surface area contributed by atoms with Gasteiger partial charge in [-0.3, -0.25) is 19.1 Å². The predicted octanol–water partition coefficient (Wildman–Crippen LogP) is 5.83. The number of carbonyl (C=O) groups is 1. The van der Waals surface area contributed by atoms with E-state index in [2.05, 4.69) is 11.0 Å². The molecule has 1 aromatic heterocycles. The molecule has 0 unspecified atom stereocenters. The van der Waals surface area contributed by atoms with Gasteiger partial charge < -0.3 is 9.80 Å². The number of unbranched alkanes of at least 4 members (excludes halogenated alkanes) is 1. The number of amides is 1. The number of aromatic nitrogens is 1. The SMILES string of the molecule is CCCCn1c(N2CCN(c3ccccc3F)CC2)c(/C=C2/SC(=S)N(Cc3ccc(F)cc3)C2=O)c(C)c(C#N)c1=O. The van der Waals surface area contributed by atoms with Crippen molar-refractivity contribution in [1.29, 1.82) is 5.26 Å². The average Bonchev–Trinajstić information content (AvgIpc) is 3.27. The number of benzene rings is 2. The van der Waals surface area contributed by atoms with Gasteiger partial charge in [0.2, 0.25) is 0 Å². The number of nitrogens with zero attached hydrogens (tertiary/aromatic N) is 5. The van der Waals surface area contributed by atoms with Crippen LogP contribution in [0.2, 0.25) is 0 Å². The summed E-state index contributed by atoms with van der Waals surface area (Å²) in [5.41, 5.74) is 2.07. The Morgan fingerprint density at radius 2 is 1.70 bits per heavy atom. The van der Waals surface area contributed by atoms with E-state index in [0.29, 0.717) is 64.6 Å². The normalized spacial score (nSPS) is 16.3. The molecule has 2 saturated heterocycles. The van der Waals surface area contributed by atoms with Crippen LogP contribution in [0, 0.1) is 29.9 Å². The number of rotatable bonds is 8. The summed E-state index contributed by atoms with van der Waals surface area (Å²) in [6, 6.07) is 14.7. The fourth-order valence-corrected chi connectivity index (χ4v) is 6.65. The van der Waals surface area contributed by atoms with Crippen molar-refractivity contribution in [3.8, 4) is 6.07 Å². The summed E-state index contributed by atoms with van der Waals surface area (Å²) in [4.78, 5) is 33.1. The number of hydrogen-bond donors (Lipinski definition) is 0. The molecule has 0 N–H and O–H groups in total. The summed E-state index contributed by atoms with van der Waals surface area (Å²) in [5, 5.41) is 9.97. The molecule has 3 aromatic rings. The lowest BCUT2D eigenvalue weighted by atomic mass is 10.0. The van der Waals surface area contributed by atoms with Crippen LogP contribution in [0.1, 0.15) is 42.0 Å². The molecule has 0 aliphatic carbocycles. The molecule has 0 saturated carbocycles. The number of piperazine rings is 1. The van der Waals surface area contributed by atoms with E-state index < -0.39 is 0 Å². The molecule has 0 atom stereocenters. The molecule has 1 amide bonds. The summed E-state index contributed by atoms with van der Waals surface area (Å²) >= 11 is 6.71. The third-order valence-corrected chi connectivity index (χ3v) is 9.13. The second-order valence-corrected chi connectivity index (χ2v) is 12.2. The number of carbonyl (C=O) groups excluding carboxylic acids is 1. The molecule has 0 bridgehead atoms. The zero-order chi connectivity index (χ0) is 30.7. The van der Waals surface area contributed by atoms with Gasteiger partial charge in [-0.1, -0.05) is 61.6 Å². The maximum Gasteiger partial charge on any atom is 0.270 e. The van der Waals surface area contributed by atoms with E-state index in [4.69, 9.17) is 12.2 Å². The van der Waals surface area contributed by atoms with Crippen LogP contribution < -0.4 is 15.4 Å². The Morgan fingerprint density at radius 3 is 2.35 bits per heavy atom. The molecule has 222 valence electrons. The number of nitriles is 1. The van der Waals surface area contributed by atoms with Crippen LogP contribution in [-0.4, -0.2) is 45.9 Å². The van der Waals surface area contributed by atoms with Gasteiger partial charge in [-0.05, 0) is 54.8 Å². The topological polar surface area (TPSA) is 72.6 Å². The van der Waals surface area contributed by atoms with Crippen LogP contribution in [-0.2, 0) is 17.9 Å². The van der Waals surface area contributed by atoms with Crippen molar-refractivity contribution in [2.45, 2.75) is 39.8 Å². The standard InChI is InChI=1S/C32H31F2N5O2S2/c1-3-4-13-38-29(37-16-14-36(15-17-37)27-8-6-5-7-26(27)34)24(21(2)25(19-35)30(38)40)18-28-31(41)39(32(42)43-28)20-22-9-11-23(33)12-10-22/h5-12,18H,3-4,13-17,20H2,1-2H3/b28-18+. The highest BCUT2D eigenvalue weighted by Crippen LogP contribution is 2.37. The van der Waals surface area contributed by atoms with E-state index in [1.165, 1.54) is 23.1 Å². The van der Waals surface area contributed by atoms with Gasteiger partial charge in [0.05, 0.1) is 17.1 Å². The van der Waals surface area contributed by atoms with Crippen molar-refractivity contribution in [2.75, 3.05) is 36.0 Å². The molecule has 0 spiro atoms. The van der Waals surface area contributed by atoms with Gasteiger partial charge >= 0.3 is 0 Å². The lowest BCUT2D eigenvalue weighted by Crippen LogP contribution is -2.49. The molecule has 2 fully saturated rings. The molecular weight excluding hydrogens is 589 g/mol. The van der Waals surface area contributed by atoms with Crippen molar-refractivity contribution >= 4 is 51.8 Å². The average molecular weight is 620 g/mol. The Morgan fingerprint density at radius 1 is 1.02 bits per heavy atom. The minimum absolute atomic E-state index is 0.0397. The molecule has 2 aliphatic heterocycles. The lowest BCUT2D eigenvalue weighted by molar-refractivity contribution is -0.122. The summed E-state index contributed by atoms with van der Waals surface area (Å²) in [7, 11) is 0. The van der Waals surface area contributed by atoms with E-state index in [1.807, 2.05) is 17.9 Å². The van der Waals surface area contributed by atoms with Crippen LogP contribution in [0.25, 0.3) is 6.08 Å². The van der Waals surface area contributed by atoms with Crippen LogP contribution in [0.5, 0.6) is 0 Å². The molecular formula is C32H31F2N5O2S2. The molecule has 2 aromatic carbocycles. The zero-order valence-corrected chi connectivity index (χ0v) is 25.6. The third kappa shape index (κ3) is 6.21. The minimum atomic E-state index is -0.363. The van der Waals surface area contributed by atoms with E-state index in [0.717, 1.165) is 30.2 Å². The quantitative estimate of drug-likeness (QED) is 0.232. The van der Waals surface area contributed by atoms with Gasteiger partial charge in [-0.2, -0.15) is 5.26 Å². The summed E-state index contributed by atoms with van der Waals surface area (Å²) in [5.74, 6) is -0.294. The van der Waals surface area contributed by atoms with Crippen molar-refractivity contribution in [3.63, 3.8) is 0 Å². The van der Waals surface area contributed by atoms with Gasteiger partial charge in [0.25, 0.3) is 11.5 Å². The molecule has 2 aliphatic rings. The van der Waals surface area contributed by atoms with Gasteiger partial charge in [0, 0.05) is 38.3 Å².